The first-order valence-electron chi connectivity index (χ1n) is 9.95. The Morgan fingerprint density at radius 2 is 1.84 bits per heavy atom. The highest BCUT2D eigenvalue weighted by Crippen LogP contribution is 2.32. The minimum atomic E-state index is -0.402. The van der Waals surface area contributed by atoms with Crippen molar-refractivity contribution in [2.24, 2.45) is 0 Å². The van der Waals surface area contributed by atoms with E-state index in [1.54, 1.807) is 16.8 Å². The van der Waals surface area contributed by atoms with Gasteiger partial charge in [0.2, 0.25) is 5.91 Å². The summed E-state index contributed by atoms with van der Waals surface area (Å²) < 4.78 is 15.2. The fraction of sp³-hybridized carbons (Fsp3) is 0.0800. The van der Waals surface area contributed by atoms with E-state index in [-0.39, 0.29) is 12.5 Å². The van der Waals surface area contributed by atoms with Gasteiger partial charge in [0.1, 0.15) is 18.1 Å². The molecule has 0 unspecified atom stereocenters. The number of carbonyl (C=O) groups is 1. The highest BCUT2D eigenvalue weighted by molar-refractivity contribution is 6.08. The molecule has 0 saturated heterocycles. The molecule has 6 heteroatoms. The number of rotatable bonds is 4. The van der Waals surface area contributed by atoms with Gasteiger partial charge in [0.25, 0.3) is 0 Å². The Morgan fingerprint density at radius 1 is 1.00 bits per heavy atom. The van der Waals surface area contributed by atoms with Crippen molar-refractivity contribution in [3.63, 3.8) is 0 Å². The predicted molar refractivity (Wildman–Crippen MR) is 120 cm³/mol. The first-order chi connectivity index (χ1) is 15.1. The number of nitrogens with one attached hydrogen (secondary N) is 1. The number of carbonyl (C=O) groups excluding carboxylic acids is 1. The molecule has 3 aromatic carbocycles. The number of amides is 1. The molecule has 1 N–H and O–H groups in total. The lowest BCUT2D eigenvalue weighted by atomic mass is 10.1. The lowest BCUT2D eigenvalue weighted by Gasteiger charge is -2.08. The second-order valence-corrected chi connectivity index (χ2v) is 7.47. The third kappa shape index (κ3) is 3.64. The first-order valence-corrected chi connectivity index (χ1v) is 9.95. The molecule has 5 nitrogen and oxygen atoms in total. The molecule has 0 radical (unpaired) electrons. The number of benzene rings is 3. The zero-order valence-corrected chi connectivity index (χ0v) is 16.8. The van der Waals surface area contributed by atoms with Crippen molar-refractivity contribution in [3.05, 3.63) is 90.4 Å². The number of pyridine rings is 1. The Kier molecular flexibility index (Phi) is 4.67. The maximum Gasteiger partial charge on any atom is 0.246 e. The van der Waals surface area contributed by atoms with Gasteiger partial charge in [-0.3, -0.25) is 14.5 Å². The molecule has 152 valence electrons. The molecule has 0 aliphatic heterocycles. The van der Waals surface area contributed by atoms with Gasteiger partial charge in [0.15, 0.2) is 0 Å². The fourth-order valence-corrected chi connectivity index (χ4v) is 3.79. The van der Waals surface area contributed by atoms with Gasteiger partial charge in [-0.15, -0.1) is 0 Å². The summed E-state index contributed by atoms with van der Waals surface area (Å²) in [5, 5.41) is 9.34. The van der Waals surface area contributed by atoms with Gasteiger partial charge >= 0.3 is 0 Å². The van der Waals surface area contributed by atoms with Gasteiger partial charge in [0, 0.05) is 28.2 Å². The van der Waals surface area contributed by atoms with Gasteiger partial charge in [-0.05, 0) is 37.3 Å². The molecule has 5 aromatic rings. The number of fused-ring (bicyclic) bond motifs is 3. The van der Waals surface area contributed by atoms with E-state index in [1.807, 2.05) is 55.6 Å². The van der Waals surface area contributed by atoms with E-state index in [1.165, 1.54) is 12.1 Å². The molecule has 31 heavy (non-hydrogen) atoms. The van der Waals surface area contributed by atoms with E-state index in [9.17, 15) is 9.18 Å². The van der Waals surface area contributed by atoms with Gasteiger partial charge < -0.3 is 5.32 Å². The van der Waals surface area contributed by atoms with E-state index >= 15 is 0 Å². The molecule has 0 aliphatic rings. The normalized spacial score (nSPS) is 11.2. The zero-order valence-electron chi connectivity index (χ0n) is 16.8. The number of hydrogen-bond acceptors (Lipinski definition) is 3. The van der Waals surface area contributed by atoms with Crippen LogP contribution in [0.15, 0.2) is 79.0 Å². The van der Waals surface area contributed by atoms with E-state index in [2.05, 4.69) is 16.4 Å². The smallest absolute Gasteiger partial charge is 0.246 e. The van der Waals surface area contributed by atoms with E-state index in [4.69, 9.17) is 5.10 Å². The van der Waals surface area contributed by atoms with Gasteiger partial charge in [-0.25, -0.2) is 4.39 Å². The highest BCUT2D eigenvalue weighted by Gasteiger charge is 2.18. The molecule has 0 spiro atoms. The zero-order chi connectivity index (χ0) is 21.4. The molecule has 0 aliphatic carbocycles. The molecule has 1 amide bonds. The third-order valence-electron chi connectivity index (χ3n) is 5.18. The second kappa shape index (κ2) is 7.65. The Hall–Kier alpha value is -4.06. The molecular weight excluding hydrogens is 391 g/mol. The Morgan fingerprint density at radius 3 is 2.65 bits per heavy atom. The maximum absolute atomic E-state index is 13.5. The average Bonchev–Trinajstić information content (AvgIpc) is 3.13. The fourth-order valence-electron chi connectivity index (χ4n) is 3.79. The first kappa shape index (κ1) is 18.9. The number of halogens is 1. The molecule has 0 bridgehead atoms. The van der Waals surface area contributed by atoms with E-state index in [0.717, 1.165) is 38.6 Å². The third-order valence-corrected chi connectivity index (χ3v) is 5.18. The van der Waals surface area contributed by atoms with Crippen LogP contribution in [0.3, 0.4) is 0 Å². The Labute approximate surface area is 178 Å². The minimum absolute atomic E-state index is 0.00704. The van der Waals surface area contributed by atoms with E-state index in [0.29, 0.717) is 5.69 Å². The summed E-state index contributed by atoms with van der Waals surface area (Å²) in [6.45, 7) is 2.01. The van der Waals surface area contributed by atoms with Crippen molar-refractivity contribution in [2.45, 2.75) is 13.5 Å². The van der Waals surface area contributed by atoms with Gasteiger partial charge in [-0.1, -0.05) is 48.0 Å². The summed E-state index contributed by atoms with van der Waals surface area (Å²) in [6, 6.07) is 21.7. The van der Waals surface area contributed by atoms with Crippen molar-refractivity contribution in [1.82, 2.24) is 14.8 Å². The number of hydrogen-bond donors (Lipinski definition) is 1. The highest BCUT2D eigenvalue weighted by atomic mass is 19.1. The van der Waals surface area contributed by atoms with Crippen LogP contribution in [0.4, 0.5) is 10.1 Å². The van der Waals surface area contributed by atoms with E-state index < -0.39 is 5.82 Å². The number of aromatic nitrogens is 3. The van der Waals surface area contributed by atoms with Crippen molar-refractivity contribution in [2.75, 3.05) is 5.32 Å². The van der Waals surface area contributed by atoms with Crippen molar-refractivity contribution in [3.8, 4) is 11.3 Å². The molecule has 2 heterocycles. The van der Waals surface area contributed by atoms with Gasteiger partial charge in [-0.2, -0.15) is 5.10 Å². The lowest BCUT2D eigenvalue weighted by molar-refractivity contribution is -0.116. The summed E-state index contributed by atoms with van der Waals surface area (Å²) in [7, 11) is 0. The number of aryl methyl sites for hydroxylation is 1. The number of nitrogens with zero attached hydrogens (tertiary/aromatic N) is 3. The summed E-state index contributed by atoms with van der Waals surface area (Å²) >= 11 is 0. The molecule has 5 rings (SSSR count). The van der Waals surface area contributed by atoms with Crippen LogP contribution in [0.2, 0.25) is 0 Å². The Bertz CT molecular complexity index is 1430. The van der Waals surface area contributed by atoms with Crippen LogP contribution in [-0.4, -0.2) is 20.7 Å². The molecule has 0 atom stereocenters. The largest absolute Gasteiger partial charge is 0.324 e. The molecule has 0 fully saturated rings. The predicted octanol–water partition coefficient (Wildman–Crippen LogP) is 5.34. The van der Waals surface area contributed by atoms with Crippen molar-refractivity contribution in [1.29, 1.82) is 0 Å². The van der Waals surface area contributed by atoms with Crippen LogP contribution < -0.4 is 5.32 Å². The quantitative estimate of drug-likeness (QED) is 0.435. The molecule has 2 aromatic heterocycles. The van der Waals surface area contributed by atoms with Crippen molar-refractivity contribution >= 4 is 33.4 Å². The summed E-state index contributed by atoms with van der Waals surface area (Å²) in [5.74, 6) is -0.687. The monoisotopic (exact) mass is 410 g/mol. The van der Waals surface area contributed by atoms with Crippen LogP contribution in [0.1, 0.15) is 5.56 Å². The second-order valence-electron chi connectivity index (χ2n) is 7.47. The van der Waals surface area contributed by atoms with Crippen molar-refractivity contribution < 1.29 is 9.18 Å². The summed E-state index contributed by atoms with van der Waals surface area (Å²) in [5.41, 5.74) is 4.91. The van der Waals surface area contributed by atoms with Crippen LogP contribution in [0.25, 0.3) is 33.1 Å². The maximum atomic E-state index is 13.5. The molecule has 0 saturated carbocycles. The van der Waals surface area contributed by atoms with Gasteiger partial charge in [0.05, 0.1) is 11.0 Å². The van der Waals surface area contributed by atoms with Crippen LogP contribution >= 0.6 is 0 Å². The lowest BCUT2D eigenvalue weighted by Crippen LogP contribution is -2.19. The topological polar surface area (TPSA) is 59.8 Å². The minimum Gasteiger partial charge on any atom is -0.324 e. The summed E-state index contributed by atoms with van der Waals surface area (Å²) in [4.78, 5) is 17.4. The summed E-state index contributed by atoms with van der Waals surface area (Å²) in [6.07, 6.45) is 1.81. The van der Waals surface area contributed by atoms with Crippen LogP contribution in [-0.2, 0) is 11.3 Å². The average molecular weight is 410 g/mol. The number of anilines is 1. The van der Waals surface area contributed by atoms with Crippen LogP contribution in [0, 0.1) is 12.7 Å². The van der Waals surface area contributed by atoms with Crippen LogP contribution in [0.5, 0.6) is 0 Å². The molecular formula is C25H19FN4O. The standard InChI is InChI=1S/C25H19FN4O/c1-16-10-11-22-20(12-16)25-21(14-27-22)24(17-6-3-2-4-7-17)29-30(25)15-23(31)28-19-9-5-8-18(26)13-19/h2-14H,15H2,1H3,(H,28,31). The SMILES string of the molecule is Cc1ccc2ncc3c(-c4ccccc4)nn(CC(=O)Nc4cccc(F)c4)c3c2c1. The Balaban J connectivity index is 1.64.